The van der Waals surface area contributed by atoms with Gasteiger partial charge in [-0.2, -0.15) is 0 Å². The van der Waals surface area contributed by atoms with Crippen molar-refractivity contribution in [2.75, 3.05) is 18.4 Å². The van der Waals surface area contributed by atoms with Gasteiger partial charge in [-0.1, -0.05) is 11.6 Å². The van der Waals surface area contributed by atoms with E-state index in [1.54, 1.807) is 24.3 Å². The SMILES string of the molecule is Fc1cnc(Oc2ccc(Cl)cc2)c(-c2csc(NC3=NCCCN3)n2)c1. The van der Waals surface area contributed by atoms with E-state index in [2.05, 4.69) is 25.6 Å². The Morgan fingerprint density at radius 1 is 1.26 bits per heavy atom. The van der Waals surface area contributed by atoms with Crippen molar-refractivity contribution < 1.29 is 9.13 Å². The van der Waals surface area contributed by atoms with Crippen LogP contribution in [0.1, 0.15) is 6.42 Å². The van der Waals surface area contributed by atoms with E-state index in [1.807, 2.05) is 5.38 Å². The smallest absolute Gasteiger partial charge is 0.228 e. The molecule has 1 aliphatic rings. The standard InChI is InChI=1S/C18H15ClFN5OS/c19-11-2-4-13(5-3-11)26-16-14(8-12(20)9-23-16)15-10-27-18(24-15)25-17-21-6-1-7-22-17/h2-5,8-10H,1,6-7H2,(H2,21,22,24,25). The molecule has 0 radical (unpaired) electrons. The lowest BCUT2D eigenvalue weighted by Gasteiger charge is -2.14. The first kappa shape index (κ1) is 17.7. The van der Waals surface area contributed by atoms with Gasteiger partial charge in [0.05, 0.1) is 17.5 Å². The van der Waals surface area contributed by atoms with Crippen LogP contribution in [0.25, 0.3) is 11.3 Å². The van der Waals surface area contributed by atoms with Gasteiger partial charge >= 0.3 is 0 Å². The third-order valence-electron chi connectivity index (χ3n) is 3.75. The summed E-state index contributed by atoms with van der Waals surface area (Å²) < 4.78 is 19.6. The molecule has 0 amide bonds. The van der Waals surface area contributed by atoms with Gasteiger partial charge in [-0.3, -0.25) is 4.99 Å². The molecule has 2 N–H and O–H groups in total. The largest absolute Gasteiger partial charge is 0.438 e. The number of guanidine groups is 1. The molecule has 2 aromatic heterocycles. The quantitative estimate of drug-likeness (QED) is 0.668. The zero-order valence-corrected chi connectivity index (χ0v) is 15.6. The summed E-state index contributed by atoms with van der Waals surface area (Å²) in [6.07, 6.45) is 2.12. The van der Waals surface area contributed by atoms with Crippen LogP contribution in [0, 0.1) is 5.82 Å². The van der Waals surface area contributed by atoms with E-state index in [0.29, 0.717) is 33.1 Å². The lowest BCUT2D eigenvalue weighted by atomic mass is 10.2. The van der Waals surface area contributed by atoms with Crippen molar-refractivity contribution in [1.29, 1.82) is 0 Å². The summed E-state index contributed by atoms with van der Waals surface area (Å²) in [6.45, 7) is 1.65. The summed E-state index contributed by atoms with van der Waals surface area (Å²) in [5, 5.41) is 9.38. The van der Waals surface area contributed by atoms with Crippen molar-refractivity contribution in [1.82, 2.24) is 15.3 Å². The number of aliphatic imine (C=N–C) groups is 1. The van der Waals surface area contributed by atoms with Crippen LogP contribution in [0.4, 0.5) is 9.52 Å². The third kappa shape index (κ3) is 4.35. The maximum absolute atomic E-state index is 13.8. The van der Waals surface area contributed by atoms with E-state index >= 15 is 0 Å². The first-order chi connectivity index (χ1) is 13.2. The topological polar surface area (TPSA) is 71.4 Å². The Morgan fingerprint density at radius 3 is 2.89 bits per heavy atom. The number of hydrogen-bond acceptors (Lipinski definition) is 7. The number of thiazole rings is 1. The molecule has 0 unspecified atom stereocenters. The van der Waals surface area contributed by atoms with Gasteiger partial charge in [0.25, 0.3) is 0 Å². The average molecular weight is 404 g/mol. The van der Waals surface area contributed by atoms with E-state index < -0.39 is 5.82 Å². The first-order valence-electron chi connectivity index (χ1n) is 8.27. The van der Waals surface area contributed by atoms with Gasteiger partial charge in [-0.05, 0) is 36.8 Å². The van der Waals surface area contributed by atoms with Crippen molar-refractivity contribution in [3.05, 3.63) is 52.7 Å². The number of pyridine rings is 1. The molecule has 3 aromatic rings. The molecule has 138 valence electrons. The molecule has 0 saturated carbocycles. The third-order valence-corrected chi connectivity index (χ3v) is 4.76. The lowest BCUT2D eigenvalue weighted by molar-refractivity contribution is 0.461. The van der Waals surface area contributed by atoms with Gasteiger partial charge in [0.2, 0.25) is 5.88 Å². The predicted molar refractivity (Wildman–Crippen MR) is 105 cm³/mol. The molecule has 6 nitrogen and oxygen atoms in total. The van der Waals surface area contributed by atoms with Crippen LogP contribution in [-0.2, 0) is 0 Å². The van der Waals surface area contributed by atoms with Crippen molar-refractivity contribution in [3.8, 4) is 22.9 Å². The highest BCUT2D eigenvalue weighted by atomic mass is 35.5. The molecule has 0 spiro atoms. The number of ether oxygens (including phenoxy) is 1. The Kier molecular flexibility index (Phi) is 5.17. The fraction of sp³-hybridized carbons (Fsp3) is 0.167. The van der Waals surface area contributed by atoms with Crippen LogP contribution >= 0.6 is 22.9 Å². The molecule has 3 heterocycles. The maximum atomic E-state index is 13.8. The van der Waals surface area contributed by atoms with E-state index in [-0.39, 0.29) is 5.88 Å². The summed E-state index contributed by atoms with van der Waals surface area (Å²) in [4.78, 5) is 12.9. The van der Waals surface area contributed by atoms with Crippen molar-refractivity contribution in [2.24, 2.45) is 4.99 Å². The van der Waals surface area contributed by atoms with E-state index in [9.17, 15) is 4.39 Å². The number of anilines is 1. The normalized spacial score (nSPS) is 13.6. The number of benzene rings is 1. The molecule has 0 fully saturated rings. The number of halogens is 2. The maximum Gasteiger partial charge on any atom is 0.228 e. The van der Waals surface area contributed by atoms with Crippen LogP contribution in [0.5, 0.6) is 11.6 Å². The van der Waals surface area contributed by atoms with Crippen LogP contribution in [-0.4, -0.2) is 29.0 Å². The Hall–Kier alpha value is -2.71. The summed E-state index contributed by atoms with van der Waals surface area (Å²) in [5.74, 6) is 1.05. The van der Waals surface area contributed by atoms with Gasteiger partial charge in [0, 0.05) is 23.5 Å². The van der Waals surface area contributed by atoms with Crippen molar-refractivity contribution >= 4 is 34.0 Å². The number of nitrogens with zero attached hydrogens (tertiary/aromatic N) is 3. The zero-order chi connectivity index (χ0) is 18.6. The fourth-order valence-electron chi connectivity index (χ4n) is 2.48. The second-order valence-electron chi connectivity index (χ2n) is 5.74. The Bertz CT molecular complexity index is 976. The highest BCUT2D eigenvalue weighted by Crippen LogP contribution is 2.34. The molecule has 0 bridgehead atoms. The lowest BCUT2D eigenvalue weighted by Crippen LogP contribution is -2.35. The number of rotatable bonds is 4. The zero-order valence-electron chi connectivity index (χ0n) is 14.1. The summed E-state index contributed by atoms with van der Waals surface area (Å²) in [7, 11) is 0. The molecule has 1 aromatic carbocycles. The summed E-state index contributed by atoms with van der Waals surface area (Å²) in [5.41, 5.74) is 1.03. The molecular weight excluding hydrogens is 389 g/mol. The number of aromatic nitrogens is 2. The van der Waals surface area contributed by atoms with Gasteiger partial charge in [0.15, 0.2) is 11.1 Å². The molecule has 0 saturated heterocycles. The second-order valence-corrected chi connectivity index (χ2v) is 7.03. The Balaban J connectivity index is 1.60. The molecular formula is C18H15ClFN5OS. The molecule has 27 heavy (non-hydrogen) atoms. The van der Waals surface area contributed by atoms with Gasteiger partial charge < -0.3 is 15.4 Å². The first-order valence-corrected chi connectivity index (χ1v) is 9.53. The highest BCUT2D eigenvalue weighted by molar-refractivity contribution is 7.14. The second kappa shape index (κ2) is 7.89. The monoisotopic (exact) mass is 403 g/mol. The fourth-order valence-corrected chi connectivity index (χ4v) is 3.31. The summed E-state index contributed by atoms with van der Waals surface area (Å²) >= 11 is 7.29. The predicted octanol–water partition coefficient (Wildman–Crippen LogP) is 4.55. The van der Waals surface area contributed by atoms with Crippen LogP contribution in [0.2, 0.25) is 5.02 Å². The van der Waals surface area contributed by atoms with Gasteiger partial charge in [-0.15, -0.1) is 11.3 Å². The molecule has 1 aliphatic heterocycles. The van der Waals surface area contributed by atoms with Crippen LogP contribution < -0.4 is 15.4 Å². The molecule has 9 heteroatoms. The molecule has 4 rings (SSSR count). The van der Waals surface area contributed by atoms with E-state index in [1.165, 1.54) is 17.4 Å². The number of nitrogens with one attached hydrogen (secondary N) is 2. The van der Waals surface area contributed by atoms with Crippen molar-refractivity contribution in [3.63, 3.8) is 0 Å². The highest BCUT2D eigenvalue weighted by Gasteiger charge is 2.15. The van der Waals surface area contributed by atoms with E-state index in [0.717, 1.165) is 25.7 Å². The molecule has 0 aliphatic carbocycles. The van der Waals surface area contributed by atoms with E-state index in [4.69, 9.17) is 16.3 Å². The minimum absolute atomic E-state index is 0.267. The minimum atomic E-state index is -0.464. The van der Waals surface area contributed by atoms with Gasteiger partial charge in [-0.25, -0.2) is 14.4 Å². The summed E-state index contributed by atoms with van der Waals surface area (Å²) in [6, 6.07) is 8.22. The van der Waals surface area contributed by atoms with Gasteiger partial charge in [0.1, 0.15) is 11.6 Å². The van der Waals surface area contributed by atoms with Crippen molar-refractivity contribution in [2.45, 2.75) is 6.42 Å². The minimum Gasteiger partial charge on any atom is -0.438 e. The van der Waals surface area contributed by atoms with Crippen LogP contribution in [0.15, 0.2) is 46.9 Å². The average Bonchev–Trinajstić information content (AvgIpc) is 3.14. The number of hydrogen-bond donors (Lipinski definition) is 2. The van der Waals surface area contributed by atoms with Crippen LogP contribution in [0.3, 0.4) is 0 Å². The Morgan fingerprint density at radius 2 is 2.11 bits per heavy atom. The molecule has 0 atom stereocenters. The Labute approximate surface area is 164 Å².